The Kier molecular flexibility index (Phi) is 3.58. The molecule has 2 aromatic rings. The van der Waals surface area contributed by atoms with Crippen molar-refractivity contribution >= 4 is 17.9 Å². The molecular weight excluding hydrogens is 256 g/mol. The molecule has 0 fully saturated rings. The van der Waals surface area contributed by atoms with E-state index in [9.17, 15) is 4.79 Å². The smallest absolute Gasteiger partial charge is 0.185 e. The topological polar surface area (TPSA) is 48.7 Å². The van der Waals surface area contributed by atoms with Crippen LogP contribution < -0.4 is 9.47 Å². The molecule has 0 unspecified atom stereocenters. The number of aldehydes is 1. The largest absolute Gasteiger partial charge is 0.496 e. The van der Waals surface area contributed by atoms with Gasteiger partial charge in [0, 0.05) is 6.07 Å². The monoisotopic (exact) mass is 266 g/mol. The van der Waals surface area contributed by atoms with Crippen LogP contribution in [0, 0.1) is 0 Å². The van der Waals surface area contributed by atoms with Crippen LogP contribution in [-0.4, -0.2) is 20.5 Å². The van der Waals surface area contributed by atoms with E-state index in [0.717, 1.165) is 0 Å². The lowest BCUT2D eigenvalue weighted by molar-refractivity contribution is 0.110. The van der Waals surface area contributed by atoms with Gasteiger partial charge in [-0.1, -0.05) is 11.6 Å². The van der Waals surface area contributed by atoms with Crippen molar-refractivity contribution in [2.75, 3.05) is 14.2 Å². The predicted octanol–water partition coefficient (Wildman–Crippen LogP) is 3.43. The highest BCUT2D eigenvalue weighted by atomic mass is 35.5. The molecule has 0 aliphatic carbocycles. The fourth-order valence-electron chi connectivity index (χ4n) is 1.61. The number of carbonyl (C=O) groups excluding carboxylic acids is 1. The van der Waals surface area contributed by atoms with Crippen molar-refractivity contribution in [3.8, 4) is 22.8 Å². The van der Waals surface area contributed by atoms with Crippen LogP contribution in [0.4, 0.5) is 0 Å². The average molecular weight is 267 g/mol. The second-order valence-corrected chi connectivity index (χ2v) is 3.91. The molecule has 0 atom stereocenters. The highest BCUT2D eigenvalue weighted by Gasteiger charge is 2.14. The summed E-state index contributed by atoms with van der Waals surface area (Å²) in [4.78, 5) is 10.6. The zero-order chi connectivity index (χ0) is 13.1. The Morgan fingerprint density at radius 2 is 1.89 bits per heavy atom. The SMILES string of the molecule is COc1cc(-c2ccc(C=O)o2)c(OC)cc1Cl. The third kappa shape index (κ3) is 2.19. The molecule has 0 radical (unpaired) electrons. The molecule has 4 nitrogen and oxygen atoms in total. The number of furan rings is 1. The highest BCUT2D eigenvalue weighted by Crippen LogP contribution is 2.38. The minimum atomic E-state index is 0.251. The van der Waals surface area contributed by atoms with Crippen LogP contribution >= 0.6 is 11.6 Å². The van der Waals surface area contributed by atoms with Gasteiger partial charge in [0.05, 0.1) is 24.8 Å². The Hall–Kier alpha value is -1.94. The molecule has 1 aromatic carbocycles. The van der Waals surface area contributed by atoms with Crippen LogP contribution in [0.1, 0.15) is 10.6 Å². The fourth-order valence-corrected chi connectivity index (χ4v) is 1.84. The lowest BCUT2D eigenvalue weighted by Gasteiger charge is -2.10. The van der Waals surface area contributed by atoms with Crippen molar-refractivity contribution in [3.05, 3.63) is 35.0 Å². The summed E-state index contributed by atoms with van der Waals surface area (Å²) in [6.07, 6.45) is 0.642. The molecular formula is C13H11ClO4. The summed E-state index contributed by atoms with van der Waals surface area (Å²) in [6, 6.07) is 6.62. The van der Waals surface area contributed by atoms with E-state index < -0.39 is 0 Å². The van der Waals surface area contributed by atoms with Crippen LogP contribution in [0.2, 0.25) is 5.02 Å². The van der Waals surface area contributed by atoms with Gasteiger partial charge in [-0.15, -0.1) is 0 Å². The van der Waals surface area contributed by atoms with E-state index in [1.807, 2.05) is 0 Å². The molecule has 18 heavy (non-hydrogen) atoms. The molecule has 0 bridgehead atoms. The minimum Gasteiger partial charge on any atom is -0.496 e. The van der Waals surface area contributed by atoms with Crippen molar-refractivity contribution in [2.45, 2.75) is 0 Å². The number of rotatable bonds is 4. The Bertz CT molecular complexity index is 574. The number of methoxy groups -OCH3 is 2. The maximum Gasteiger partial charge on any atom is 0.185 e. The molecule has 0 amide bonds. The molecule has 0 aliphatic rings. The van der Waals surface area contributed by atoms with Crippen LogP contribution in [0.25, 0.3) is 11.3 Å². The Morgan fingerprint density at radius 1 is 1.17 bits per heavy atom. The summed E-state index contributed by atoms with van der Waals surface area (Å²) >= 11 is 6.01. The molecule has 0 aliphatic heterocycles. The third-order valence-electron chi connectivity index (χ3n) is 2.48. The Morgan fingerprint density at radius 3 is 2.44 bits per heavy atom. The zero-order valence-corrected chi connectivity index (χ0v) is 10.7. The second kappa shape index (κ2) is 5.14. The van der Waals surface area contributed by atoms with Crippen molar-refractivity contribution in [2.24, 2.45) is 0 Å². The lowest BCUT2D eigenvalue weighted by Crippen LogP contribution is -1.91. The molecule has 0 spiro atoms. The lowest BCUT2D eigenvalue weighted by atomic mass is 10.1. The molecule has 0 N–H and O–H groups in total. The minimum absolute atomic E-state index is 0.251. The first-order valence-electron chi connectivity index (χ1n) is 5.16. The van der Waals surface area contributed by atoms with Gasteiger partial charge in [0.25, 0.3) is 0 Å². The quantitative estimate of drug-likeness (QED) is 0.796. The normalized spacial score (nSPS) is 10.2. The highest BCUT2D eigenvalue weighted by molar-refractivity contribution is 6.32. The summed E-state index contributed by atoms with van der Waals surface area (Å²) in [7, 11) is 3.06. The number of hydrogen-bond acceptors (Lipinski definition) is 4. The van der Waals surface area contributed by atoms with Crippen LogP contribution in [-0.2, 0) is 0 Å². The van der Waals surface area contributed by atoms with Crippen molar-refractivity contribution in [3.63, 3.8) is 0 Å². The average Bonchev–Trinajstić information content (AvgIpc) is 2.87. The van der Waals surface area contributed by atoms with Crippen LogP contribution in [0.5, 0.6) is 11.5 Å². The Labute approximate surface area is 109 Å². The summed E-state index contributed by atoms with van der Waals surface area (Å²) in [5, 5.41) is 0.445. The van der Waals surface area contributed by atoms with Gasteiger partial charge in [0.15, 0.2) is 12.0 Å². The molecule has 0 saturated heterocycles. The van der Waals surface area contributed by atoms with Crippen LogP contribution in [0.15, 0.2) is 28.7 Å². The molecule has 0 saturated carbocycles. The van der Waals surface area contributed by atoms with Gasteiger partial charge in [-0.2, -0.15) is 0 Å². The predicted molar refractivity (Wildman–Crippen MR) is 67.6 cm³/mol. The van der Waals surface area contributed by atoms with E-state index in [1.165, 1.54) is 14.2 Å². The maximum atomic E-state index is 10.6. The van der Waals surface area contributed by atoms with Crippen molar-refractivity contribution in [1.82, 2.24) is 0 Å². The summed E-state index contributed by atoms with van der Waals surface area (Å²) < 4.78 is 15.7. The van der Waals surface area contributed by atoms with E-state index in [1.54, 1.807) is 24.3 Å². The van der Waals surface area contributed by atoms with Gasteiger partial charge in [-0.3, -0.25) is 4.79 Å². The first-order valence-corrected chi connectivity index (χ1v) is 5.54. The number of halogens is 1. The molecule has 94 valence electrons. The number of ether oxygens (including phenoxy) is 2. The van der Waals surface area contributed by atoms with Gasteiger partial charge >= 0.3 is 0 Å². The van der Waals surface area contributed by atoms with E-state index in [2.05, 4.69) is 0 Å². The van der Waals surface area contributed by atoms with Crippen molar-refractivity contribution < 1.29 is 18.7 Å². The first-order chi connectivity index (χ1) is 8.69. The van der Waals surface area contributed by atoms with E-state index >= 15 is 0 Å². The van der Waals surface area contributed by atoms with E-state index in [0.29, 0.717) is 34.1 Å². The maximum absolute atomic E-state index is 10.6. The van der Waals surface area contributed by atoms with Gasteiger partial charge in [0.1, 0.15) is 17.3 Å². The third-order valence-corrected chi connectivity index (χ3v) is 2.78. The van der Waals surface area contributed by atoms with E-state index in [4.69, 9.17) is 25.5 Å². The summed E-state index contributed by atoms with van der Waals surface area (Å²) in [6.45, 7) is 0. The van der Waals surface area contributed by atoms with E-state index in [-0.39, 0.29) is 5.76 Å². The molecule has 2 rings (SSSR count). The number of hydrogen-bond donors (Lipinski definition) is 0. The van der Waals surface area contributed by atoms with Gasteiger partial charge < -0.3 is 13.9 Å². The second-order valence-electron chi connectivity index (χ2n) is 3.51. The summed E-state index contributed by atoms with van der Waals surface area (Å²) in [5.74, 6) is 1.83. The fraction of sp³-hybridized carbons (Fsp3) is 0.154. The van der Waals surface area contributed by atoms with Crippen LogP contribution in [0.3, 0.4) is 0 Å². The first kappa shape index (κ1) is 12.5. The summed E-state index contributed by atoms with van der Waals surface area (Å²) in [5.41, 5.74) is 0.673. The molecule has 5 heteroatoms. The Balaban J connectivity index is 2.57. The number of benzene rings is 1. The van der Waals surface area contributed by atoms with Gasteiger partial charge in [-0.05, 0) is 18.2 Å². The zero-order valence-electron chi connectivity index (χ0n) is 9.90. The molecule has 1 heterocycles. The van der Waals surface area contributed by atoms with Gasteiger partial charge in [-0.25, -0.2) is 0 Å². The van der Waals surface area contributed by atoms with Crippen molar-refractivity contribution in [1.29, 1.82) is 0 Å². The molecule has 1 aromatic heterocycles. The standard InChI is InChI=1S/C13H11ClO4/c1-16-12-6-10(14)13(17-2)5-9(12)11-4-3-8(7-15)18-11/h3-7H,1-2H3. The number of carbonyl (C=O) groups is 1. The van der Waals surface area contributed by atoms with Gasteiger partial charge in [0.2, 0.25) is 0 Å².